The van der Waals surface area contributed by atoms with Crippen LogP contribution in [0.5, 0.6) is 5.75 Å². The average molecular weight is 689 g/mol. The quantitative estimate of drug-likeness (QED) is 0.101. The van der Waals surface area contributed by atoms with Crippen LogP contribution in [0, 0.1) is 13.8 Å². The maximum atomic E-state index is 12.7. The van der Waals surface area contributed by atoms with E-state index >= 15 is 0 Å². The van der Waals surface area contributed by atoms with E-state index in [1.807, 2.05) is 73.8 Å². The Kier molecular flexibility index (Phi) is 10.1. The number of benzene rings is 4. The topological polar surface area (TPSA) is 105 Å². The van der Waals surface area contributed by atoms with E-state index in [9.17, 15) is 9.59 Å². The minimum atomic E-state index is -0.374. The van der Waals surface area contributed by atoms with E-state index in [1.54, 1.807) is 30.3 Å². The third kappa shape index (κ3) is 8.31. The highest BCUT2D eigenvalue weighted by Crippen LogP contribution is 2.28. The average Bonchev–Trinajstić information content (AvgIpc) is 3.48. The van der Waals surface area contributed by atoms with Crippen LogP contribution in [0.2, 0.25) is 5.02 Å². The number of nitrogens with zero attached hydrogens (tertiary/aromatic N) is 2. The van der Waals surface area contributed by atoms with E-state index in [0.29, 0.717) is 27.6 Å². The Morgan fingerprint density at radius 3 is 2.45 bits per heavy atom. The molecule has 0 unspecified atom stereocenters. The van der Waals surface area contributed by atoms with E-state index in [4.69, 9.17) is 16.3 Å². The van der Waals surface area contributed by atoms with Crippen molar-refractivity contribution in [3.63, 3.8) is 0 Å². The monoisotopic (exact) mass is 687 g/mol. The number of aryl methyl sites for hydroxylation is 2. The smallest absolute Gasteiger partial charge is 0.271 e. The fraction of sp³-hybridized carbons (Fsp3) is 0.0909. The second-order valence-corrected chi connectivity index (χ2v) is 12.0. The zero-order valence-corrected chi connectivity index (χ0v) is 26.9. The number of hydrogen-bond acceptors (Lipinski definition) is 7. The first kappa shape index (κ1) is 30.9. The lowest BCUT2D eigenvalue weighted by molar-refractivity contribution is -0.118. The Labute approximate surface area is 272 Å². The van der Waals surface area contributed by atoms with Crippen molar-refractivity contribution >= 4 is 73.4 Å². The van der Waals surface area contributed by atoms with E-state index in [-0.39, 0.29) is 18.4 Å². The van der Waals surface area contributed by atoms with Crippen LogP contribution in [0.3, 0.4) is 0 Å². The predicted octanol–water partition coefficient (Wildman–Crippen LogP) is 8.37. The molecule has 0 fully saturated rings. The van der Waals surface area contributed by atoms with Crippen molar-refractivity contribution < 1.29 is 14.3 Å². The number of anilines is 3. The third-order valence-corrected chi connectivity index (χ3v) is 8.04. The van der Waals surface area contributed by atoms with Crippen LogP contribution >= 0.6 is 38.9 Å². The molecule has 3 N–H and O–H groups in total. The minimum absolute atomic E-state index is 0.189. The van der Waals surface area contributed by atoms with Crippen LogP contribution in [0.1, 0.15) is 27.0 Å². The highest BCUT2D eigenvalue weighted by molar-refractivity contribution is 9.10. The summed E-state index contributed by atoms with van der Waals surface area (Å²) < 4.78 is 6.56. The summed E-state index contributed by atoms with van der Waals surface area (Å²) in [7, 11) is 0. The van der Waals surface area contributed by atoms with Gasteiger partial charge in [-0.25, -0.2) is 10.4 Å². The first-order chi connectivity index (χ1) is 21.2. The van der Waals surface area contributed by atoms with Gasteiger partial charge in [0.25, 0.3) is 11.8 Å². The molecule has 5 aromatic rings. The largest absolute Gasteiger partial charge is 0.483 e. The molecule has 0 radical (unpaired) electrons. The SMILES string of the molecule is Cc1ccc(NC(=O)COc2ccc(Br)cc2/C=N\NC(=O)c2ccc(-c3csc(Nc4ccc(Cl)cc4)n3)cc2)cc1C. The summed E-state index contributed by atoms with van der Waals surface area (Å²) in [6, 6.07) is 25.5. The van der Waals surface area contributed by atoms with Gasteiger partial charge in [-0.15, -0.1) is 11.3 Å². The number of amides is 2. The number of halogens is 2. The molecule has 4 aromatic carbocycles. The van der Waals surface area contributed by atoms with Gasteiger partial charge in [-0.3, -0.25) is 9.59 Å². The molecule has 0 aliphatic rings. The van der Waals surface area contributed by atoms with E-state index in [0.717, 1.165) is 37.7 Å². The van der Waals surface area contributed by atoms with Gasteiger partial charge in [0.2, 0.25) is 0 Å². The molecule has 11 heteroatoms. The summed E-state index contributed by atoms with van der Waals surface area (Å²) in [6.45, 7) is 3.82. The Morgan fingerprint density at radius 2 is 1.70 bits per heavy atom. The van der Waals surface area contributed by atoms with Gasteiger partial charge in [0.1, 0.15) is 5.75 Å². The number of hydrogen-bond donors (Lipinski definition) is 3. The van der Waals surface area contributed by atoms with Gasteiger partial charge in [-0.05, 0) is 91.7 Å². The van der Waals surface area contributed by atoms with Crippen molar-refractivity contribution in [2.45, 2.75) is 13.8 Å². The van der Waals surface area contributed by atoms with Crippen molar-refractivity contribution in [1.82, 2.24) is 10.4 Å². The molecular weight excluding hydrogens is 662 g/mol. The Hall–Kier alpha value is -4.51. The normalized spacial score (nSPS) is 10.9. The number of carbonyl (C=O) groups excluding carboxylic acids is 2. The zero-order chi connectivity index (χ0) is 31.1. The van der Waals surface area contributed by atoms with Crippen LogP contribution in [-0.4, -0.2) is 29.6 Å². The molecule has 0 atom stereocenters. The van der Waals surface area contributed by atoms with Gasteiger partial charge in [0.15, 0.2) is 11.7 Å². The molecule has 1 aromatic heterocycles. The molecule has 0 spiro atoms. The Bertz CT molecular complexity index is 1820. The molecule has 44 heavy (non-hydrogen) atoms. The maximum Gasteiger partial charge on any atom is 0.271 e. The van der Waals surface area contributed by atoms with Crippen LogP contribution in [0.25, 0.3) is 11.3 Å². The summed E-state index contributed by atoms with van der Waals surface area (Å²) in [4.78, 5) is 29.9. The number of hydrazone groups is 1. The van der Waals surface area contributed by atoms with Crippen LogP contribution in [0.15, 0.2) is 99.9 Å². The molecule has 5 rings (SSSR count). The number of carbonyl (C=O) groups is 2. The van der Waals surface area contributed by atoms with E-state index in [1.165, 1.54) is 17.6 Å². The van der Waals surface area contributed by atoms with Gasteiger partial charge in [-0.2, -0.15) is 5.10 Å². The maximum absolute atomic E-state index is 12.7. The molecule has 0 aliphatic carbocycles. The number of rotatable bonds is 10. The fourth-order valence-electron chi connectivity index (χ4n) is 4.05. The second-order valence-electron chi connectivity index (χ2n) is 9.76. The lowest BCUT2D eigenvalue weighted by atomic mass is 10.1. The predicted molar refractivity (Wildman–Crippen MR) is 182 cm³/mol. The fourth-order valence-corrected chi connectivity index (χ4v) is 5.29. The van der Waals surface area contributed by atoms with Crippen molar-refractivity contribution in [1.29, 1.82) is 0 Å². The highest BCUT2D eigenvalue weighted by Gasteiger charge is 2.10. The van der Waals surface area contributed by atoms with E-state index in [2.05, 4.69) is 42.1 Å². The first-order valence-electron chi connectivity index (χ1n) is 13.4. The van der Waals surface area contributed by atoms with Gasteiger partial charge in [-0.1, -0.05) is 45.7 Å². The number of nitrogens with one attached hydrogen (secondary N) is 3. The molecule has 222 valence electrons. The summed E-state index contributed by atoms with van der Waals surface area (Å²) in [5, 5.41) is 13.6. The van der Waals surface area contributed by atoms with E-state index < -0.39 is 0 Å². The summed E-state index contributed by atoms with van der Waals surface area (Å²) in [5.41, 5.74) is 9.07. The standard InChI is InChI=1S/C33H27BrClN5O3S/c1-20-3-11-28(15-21(20)2)37-31(41)18-43-30-14-8-25(34)16-24(30)17-36-40-32(42)23-6-4-22(5-7-23)29-19-44-33(39-29)38-27-12-9-26(35)10-13-27/h3-17,19H,18H2,1-2H3,(H,37,41)(H,38,39)(H,40,42)/b36-17-. The van der Waals surface area contributed by atoms with Gasteiger partial charge >= 0.3 is 0 Å². The molecule has 0 aliphatic heterocycles. The molecule has 0 saturated carbocycles. The number of aromatic nitrogens is 1. The van der Waals surface area contributed by atoms with Crippen LogP contribution in [0.4, 0.5) is 16.5 Å². The Morgan fingerprint density at radius 1 is 0.955 bits per heavy atom. The van der Waals surface area contributed by atoms with Gasteiger partial charge in [0, 0.05) is 42.9 Å². The van der Waals surface area contributed by atoms with Crippen molar-refractivity contribution in [3.8, 4) is 17.0 Å². The second kappa shape index (κ2) is 14.3. The summed E-state index contributed by atoms with van der Waals surface area (Å²) in [5.74, 6) is -0.220. The molecule has 2 amide bonds. The molecular formula is C33H27BrClN5O3S. The van der Waals surface area contributed by atoms with Crippen LogP contribution < -0.4 is 20.8 Å². The molecule has 0 saturated heterocycles. The third-order valence-electron chi connectivity index (χ3n) is 6.53. The summed E-state index contributed by atoms with van der Waals surface area (Å²) >= 11 is 10.9. The Balaban J connectivity index is 1.16. The molecule has 8 nitrogen and oxygen atoms in total. The zero-order valence-electron chi connectivity index (χ0n) is 23.7. The van der Waals surface area contributed by atoms with Gasteiger partial charge < -0.3 is 15.4 Å². The van der Waals surface area contributed by atoms with Gasteiger partial charge in [0.05, 0.1) is 11.9 Å². The number of ether oxygens (including phenoxy) is 1. The van der Waals surface area contributed by atoms with Crippen molar-refractivity contribution in [2.24, 2.45) is 5.10 Å². The van der Waals surface area contributed by atoms with Crippen molar-refractivity contribution in [3.05, 3.63) is 122 Å². The highest BCUT2D eigenvalue weighted by atomic mass is 79.9. The first-order valence-corrected chi connectivity index (χ1v) is 15.5. The van der Waals surface area contributed by atoms with Crippen LogP contribution in [-0.2, 0) is 4.79 Å². The molecule has 0 bridgehead atoms. The lowest BCUT2D eigenvalue weighted by Gasteiger charge is -2.11. The molecule has 1 heterocycles. The number of thiazole rings is 1. The minimum Gasteiger partial charge on any atom is -0.483 e. The van der Waals surface area contributed by atoms with Crippen molar-refractivity contribution in [2.75, 3.05) is 17.2 Å². The summed E-state index contributed by atoms with van der Waals surface area (Å²) in [6.07, 6.45) is 1.47. The lowest BCUT2D eigenvalue weighted by Crippen LogP contribution is -2.21.